The predicted octanol–water partition coefficient (Wildman–Crippen LogP) is -0.673. The molecule has 0 bridgehead atoms. The van der Waals surface area contributed by atoms with E-state index in [1.54, 1.807) is 36.0 Å². The lowest BCUT2D eigenvalue weighted by molar-refractivity contribution is -0.139. The Labute approximate surface area is 253 Å². The number of carboxylic acids is 4. The highest BCUT2D eigenvalue weighted by molar-refractivity contribution is 7.98. The number of carbonyl (C=O) groups is 5. The zero-order valence-corrected chi connectivity index (χ0v) is 24.5. The van der Waals surface area contributed by atoms with E-state index in [4.69, 9.17) is 48.1 Å². The van der Waals surface area contributed by atoms with E-state index in [2.05, 4.69) is 5.73 Å². The number of nitrogens with two attached hydrogens (primary N) is 5. The molecule has 2 aromatic rings. The summed E-state index contributed by atoms with van der Waals surface area (Å²) in [6.45, 7) is -0.467. The molecule has 0 fully saturated rings. The number of thioether (sulfide) groups is 1. The largest absolute Gasteiger partial charge is 0.480 e. The number of hydrogen-bond donors (Lipinski definition) is 9. The first-order valence-electron chi connectivity index (χ1n) is 12.6. The molecule has 0 aliphatic carbocycles. The van der Waals surface area contributed by atoms with Crippen molar-refractivity contribution >= 4 is 41.6 Å². The maximum atomic E-state index is 10.9. The van der Waals surface area contributed by atoms with Gasteiger partial charge in [0, 0.05) is 0 Å². The van der Waals surface area contributed by atoms with Crippen molar-refractivity contribution in [3.8, 4) is 5.75 Å². The second kappa shape index (κ2) is 24.5. The minimum atomic E-state index is -1.05. The van der Waals surface area contributed by atoms with Crippen molar-refractivity contribution in [2.45, 2.75) is 37.4 Å². The third-order valence-electron chi connectivity index (χ3n) is 4.83. The number of rotatable bonds is 13. The van der Waals surface area contributed by atoms with Crippen LogP contribution in [-0.4, -0.2) is 93.5 Å². The van der Waals surface area contributed by atoms with Crippen molar-refractivity contribution in [3.05, 3.63) is 65.7 Å². The van der Waals surface area contributed by atoms with Crippen molar-refractivity contribution < 1.29 is 49.1 Å². The molecule has 0 unspecified atom stereocenters. The van der Waals surface area contributed by atoms with Gasteiger partial charge in [-0.05, 0) is 54.5 Å². The quantitative estimate of drug-likeness (QED) is 0.0981. The molecule has 43 heavy (non-hydrogen) atoms. The molecule has 3 atom stereocenters. The number of hydrogen-bond acceptors (Lipinski definition) is 12. The van der Waals surface area contributed by atoms with Gasteiger partial charge in [-0.25, -0.2) is 0 Å². The topological polar surface area (TPSA) is 306 Å². The average molecular weight is 628 g/mol. The fourth-order valence-corrected chi connectivity index (χ4v) is 3.02. The molecule has 2 aromatic carbocycles. The molecule has 0 radical (unpaired) electrons. The molecule has 0 heterocycles. The van der Waals surface area contributed by atoms with Crippen molar-refractivity contribution in [3.63, 3.8) is 0 Å². The normalized spacial score (nSPS) is 11.8. The summed E-state index contributed by atoms with van der Waals surface area (Å²) >= 11 is 1.60. The summed E-state index contributed by atoms with van der Waals surface area (Å²) in [5.74, 6) is -3.24. The molecule has 16 heteroatoms. The van der Waals surface area contributed by atoms with Gasteiger partial charge in [0.1, 0.15) is 23.9 Å². The molecule has 0 saturated carbocycles. The Bertz CT molecular complexity index is 1110. The molecular formula is C27H41N5O10S. The number of esters is 1. The van der Waals surface area contributed by atoms with Crippen LogP contribution in [0.3, 0.4) is 0 Å². The number of ether oxygens (including phenoxy) is 1. The Morgan fingerprint density at radius 3 is 1.47 bits per heavy atom. The monoisotopic (exact) mass is 627 g/mol. The number of carboxylic acid groups (broad SMARTS) is 4. The Morgan fingerprint density at radius 1 is 0.698 bits per heavy atom. The Balaban J connectivity index is 0. The molecule has 0 aliphatic heterocycles. The van der Waals surface area contributed by atoms with E-state index in [9.17, 15) is 24.0 Å². The fraction of sp³-hybridized carbons (Fsp3) is 0.370. The molecule has 0 amide bonds. The first-order valence-corrected chi connectivity index (χ1v) is 14.0. The van der Waals surface area contributed by atoms with Crippen molar-refractivity contribution in [2.24, 2.45) is 28.7 Å². The van der Waals surface area contributed by atoms with E-state index in [1.165, 1.54) is 0 Å². The summed E-state index contributed by atoms with van der Waals surface area (Å²) in [5, 5.41) is 33.0. The molecule has 14 N–H and O–H groups in total. The second-order valence-corrected chi connectivity index (χ2v) is 9.42. The van der Waals surface area contributed by atoms with E-state index in [1.807, 2.05) is 36.6 Å². The third-order valence-corrected chi connectivity index (χ3v) is 5.48. The van der Waals surface area contributed by atoms with Crippen LogP contribution in [0.2, 0.25) is 0 Å². The van der Waals surface area contributed by atoms with Gasteiger partial charge in [0.2, 0.25) is 0 Å². The van der Waals surface area contributed by atoms with Crippen molar-refractivity contribution in [2.75, 3.05) is 25.1 Å². The first kappa shape index (κ1) is 41.1. The van der Waals surface area contributed by atoms with Crippen LogP contribution in [0.1, 0.15) is 17.5 Å². The Hall–Kier alpha value is -4.06. The first-order chi connectivity index (χ1) is 20.2. The van der Waals surface area contributed by atoms with Crippen LogP contribution in [0.25, 0.3) is 0 Å². The highest BCUT2D eigenvalue weighted by atomic mass is 32.2. The molecule has 2 rings (SSSR count). The summed E-state index contributed by atoms with van der Waals surface area (Å²) in [6.07, 6.45) is 3.09. The van der Waals surface area contributed by atoms with Gasteiger partial charge in [0.15, 0.2) is 0 Å². The third kappa shape index (κ3) is 23.2. The summed E-state index contributed by atoms with van der Waals surface area (Å²) in [5.41, 5.74) is 27.3. The van der Waals surface area contributed by atoms with Gasteiger partial charge in [-0.2, -0.15) is 11.8 Å². The summed E-state index contributed by atoms with van der Waals surface area (Å²) < 4.78 is 4.86. The molecule has 0 aliphatic rings. The van der Waals surface area contributed by atoms with Crippen LogP contribution in [-0.2, 0) is 36.8 Å². The van der Waals surface area contributed by atoms with Gasteiger partial charge >= 0.3 is 29.8 Å². The van der Waals surface area contributed by atoms with Crippen molar-refractivity contribution in [1.82, 2.24) is 0 Å². The van der Waals surface area contributed by atoms with Crippen LogP contribution in [0.15, 0.2) is 54.6 Å². The van der Waals surface area contributed by atoms with Crippen LogP contribution < -0.4 is 33.4 Å². The number of carbonyl (C=O) groups excluding carboxylic acids is 1. The fourth-order valence-electron chi connectivity index (χ4n) is 2.53. The lowest BCUT2D eigenvalue weighted by Gasteiger charge is -2.07. The number of benzene rings is 2. The van der Waals surface area contributed by atoms with Gasteiger partial charge in [0.05, 0.1) is 13.1 Å². The van der Waals surface area contributed by atoms with E-state index in [0.717, 1.165) is 16.9 Å². The Morgan fingerprint density at radius 2 is 1.12 bits per heavy atom. The van der Waals surface area contributed by atoms with E-state index < -0.39 is 48.0 Å². The maximum absolute atomic E-state index is 10.9. The molecule has 0 saturated heterocycles. The van der Waals surface area contributed by atoms with Gasteiger partial charge < -0.3 is 53.8 Å². The van der Waals surface area contributed by atoms with Gasteiger partial charge in [0.25, 0.3) is 0 Å². The van der Waals surface area contributed by atoms with Crippen LogP contribution in [0, 0.1) is 0 Å². The van der Waals surface area contributed by atoms with Crippen LogP contribution in [0.5, 0.6) is 5.75 Å². The Kier molecular flexibility index (Phi) is 23.4. The van der Waals surface area contributed by atoms with Gasteiger partial charge in [-0.1, -0.05) is 42.5 Å². The molecule has 15 nitrogen and oxygen atoms in total. The number of aliphatic carboxylic acids is 4. The predicted molar refractivity (Wildman–Crippen MR) is 162 cm³/mol. The van der Waals surface area contributed by atoms with Crippen LogP contribution >= 0.6 is 11.8 Å². The highest BCUT2D eigenvalue weighted by Crippen LogP contribution is 2.13. The average Bonchev–Trinajstić information content (AvgIpc) is 2.98. The van der Waals surface area contributed by atoms with Crippen LogP contribution in [0.4, 0.5) is 0 Å². The summed E-state index contributed by atoms with van der Waals surface area (Å²) in [7, 11) is 0. The van der Waals surface area contributed by atoms with E-state index in [0.29, 0.717) is 18.6 Å². The highest BCUT2D eigenvalue weighted by Gasteiger charge is 2.12. The summed E-state index contributed by atoms with van der Waals surface area (Å²) in [6, 6.07) is 13.4. The summed E-state index contributed by atoms with van der Waals surface area (Å²) in [4.78, 5) is 51.1. The lowest BCUT2D eigenvalue weighted by Crippen LogP contribution is -2.32. The lowest BCUT2D eigenvalue weighted by atomic mass is 10.1. The smallest absolute Gasteiger partial charge is 0.325 e. The maximum Gasteiger partial charge on any atom is 0.325 e. The van der Waals surface area contributed by atoms with E-state index in [-0.39, 0.29) is 19.5 Å². The minimum absolute atomic E-state index is 0.189. The molecule has 0 spiro atoms. The van der Waals surface area contributed by atoms with Crippen molar-refractivity contribution in [1.29, 1.82) is 0 Å². The SMILES string of the molecule is CSCC[C@H](N)C(=O)O.NCC(=O)O.NCC(=O)Oc1ccc(C[C@H](N)C(=O)O)cc1.N[C@@H](Cc1ccccc1)C(=O)O. The molecular weight excluding hydrogens is 586 g/mol. The van der Waals surface area contributed by atoms with Gasteiger partial charge in [-0.15, -0.1) is 0 Å². The zero-order chi connectivity index (χ0) is 33.4. The van der Waals surface area contributed by atoms with Gasteiger partial charge in [-0.3, -0.25) is 24.0 Å². The molecule has 240 valence electrons. The minimum Gasteiger partial charge on any atom is -0.480 e. The standard InChI is InChI=1S/C11H14N2O4.C9H11NO2.C5H11NO2S.C2H5NO2/c12-6-10(14)17-8-3-1-7(2-4-8)5-9(13)11(15)16;10-8(9(11)12)6-7-4-2-1-3-5-7;1-9-3-2-4(6)5(7)8;3-1-2(4)5/h1-4,9H,5-6,12-13H2,(H,15,16);1-5,8H,6,10H2,(H,11,12);4H,2-3,6H2,1H3,(H,7,8);1,3H2,(H,4,5)/t9-;8-;4-;/m000./s1. The molecule has 0 aromatic heterocycles. The second-order valence-electron chi connectivity index (χ2n) is 8.43. The zero-order valence-electron chi connectivity index (χ0n) is 23.7. The van der Waals surface area contributed by atoms with E-state index >= 15 is 0 Å².